The van der Waals surface area contributed by atoms with Crippen molar-refractivity contribution in [2.75, 3.05) is 7.11 Å². The zero-order valence-electron chi connectivity index (χ0n) is 13.4. The van der Waals surface area contributed by atoms with Crippen molar-refractivity contribution in [3.63, 3.8) is 0 Å². The Morgan fingerprint density at radius 2 is 2.04 bits per heavy atom. The predicted molar refractivity (Wildman–Crippen MR) is 90.1 cm³/mol. The average molecular weight is 309 g/mol. The molecular weight excluding hydrogens is 290 g/mol. The maximum absolute atomic E-state index is 11.8. The molecule has 23 heavy (non-hydrogen) atoms. The zero-order valence-corrected chi connectivity index (χ0v) is 13.4. The number of pyridine rings is 1. The number of carbonyl (C=O) groups excluding carboxylic acids is 1. The number of methoxy groups -OCH3 is 1. The number of hydrogen-bond acceptors (Lipinski definition) is 4. The molecule has 118 valence electrons. The Morgan fingerprint density at radius 3 is 2.74 bits per heavy atom. The Bertz CT molecular complexity index is 881. The molecule has 2 N–H and O–H groups in total. The van der Waals surface area contributed by atoms with Gasteiger partial charge in [0.25, 0.3) is 0 Å². The van der Waals surface area contributed by atoms with Crippen molar-refractivity contribution in [3.05, 3.63) is 53.9 Å². The molecule has 3 aromatic rings. The van der Waals surface area contributed by atoms with Crippen molar-refractivity contribution in [1.29, 1.82) is 0 Å². The number of hydrogen-bond donors (Lipinski definition) is 1. The highest BCUT2D eigenvalue weighted by Gasteiger charge is 2.15. The average Bonchev–Trinajstić information content (AvgIpc) is 2.94. The number of carbonyl (C=O) groups is 1. The number of para-hydroxylation sites is 1. The maximum Gasteiger partial charge on any atom is 0.354 e. The minimum Gasteiger partial charge on any atom is -0.464 e. The van der Waals surface area contributed by atoms with Gasteiger partial charge in [0.1, 0.15) is 5.69 Å². The van der Waals surface area contributed by atoms with Gasteiger partial charge in [-0.25, -0.2) is 9.78 Å². The number of aromatic nitrogens is 2. The fraction of sp³-hybridized carbons (Fsp3) is 0.222. The molecule has 0 radical (unpaired) electrons. The summed E-state index contributed by atoms with van der Waals surface area (Å²) in [6, 6.07) is 11.6. The molecule has 0 bridgehead atoms. The van der Waals surface area contributed by atoms with Crippen LogP contribution in [-0.4, -0.2) is 22.6 Å². The van der Waals surface area contributed by atoms with Crippen LogP contribution in [0.2, 0.25) is 0 Å². The van der Waals surface area contributed by atoms with Crippen molar-refractivity contribution in [2.24, 2.45) is 12.8 Å². The molecule has 0 aliphatic heterocycles. The number of fused-ring (bicyclic) bond motifs is 1. The second-order valence-electron chi connectivity index (χ2n) is 5.62. The van der Waals surface area contributed by atoms with Gasteiger partial charge in [-0.05, 0) is 30.7 Å². The Hall–Kier alpha value is -2.66. The van der Waals surface area contributed by atoms with E-state index in [0.29, 0.717) is 5.69 Å². The van der Waals surface area contributed by atoms with Crippen LogP contribution < -0.4 is 5.73 Å². The number of nitrogens with zero attached hydrogens (tertiary/aromatic N) is 2. The van der Waals surface area contributed by atoms with Crippen LogP contribution in [0.5, 0.6) is 0 Å². The lowest BCUT2D eigenvalue weighted by Gasteiger charge is -2.11. The summed E-state index contributed by atoms with van der Waals surface area (Å²) >= 11 is 0. The van der Waals surface area contributed by atoms with E-state index in [4.69, 9.17) is 15.5 Å². The smallest absolute Gasteiger partial charge is 0.354 e. The highest BCUT2D eigenvalue weighted by Crippen LogP contribution is 2.28. The van der Waals surface area contributed by atoms with Crippen molar-refractivity contribution >= 4 is 16.9 Å². The van der Waals surface area contributed by atoms with E-state index in [1.807, 2.05) is 50.5 Å². The standard InChI is InChI=1S/C18H19N3O2/c1-11(19)14-9-16(20-15-7-5-4-6-13(14)15)12-8-17(18(22)23-3)21(2)10-12/h4-11H,19H2,1-3H3/t11-/m1/s1. The molecule has 0 saturated carbocycles. The summed E-state index contributed by atoms with van der Waals surface area (Å²) in [5.74, 6) is -0.369. The van der Waals surface area contributed by atoms with E-state index in [1.54, 1.807) is 10.6 Å². The van der Waals surface area contributed by atoms with Crippen LogP contribution >= 0.6 is 0 Å². The third-order valence-electron chi connectivity index (χ3n) is 3.93. The predicted octanol–water partition coefficient (Wildman–Crippen LogP) is 3.05. The number of esters is 1. The van der Waals surface area contributed by atoms with Crippen LogP contribution in [0.1, 0.15) is 29.0 Å². The van der Waals surface area contributed by atoms with Crippen LogP contribution in [0.15, 0.2) is 42.6 Å². The van der Waals surface area contributed by atoms with E-state index < -0.39 is 0 Å². The van der Waals surface area contributed by atoms with Gasteiger partial charge in [-0.1, -0.05) is 18.2 Å². The van der Waals surface area contributed by atoms with E-state index in [1.165, 1.54) is 7.11 Å². The van der Waals surface area contributed by atoms with Crippen molar-refractivity contribution in [2.45, 2.75) is 13.0 Å². The number of nitrogens with two attached hydrogens (primary N) is 1. The molecule has 1 atom stereocenters. The van der Waals surface area contributed by atoms with Gasteiger partial charge in [-0.3, -0.25) is 0 Å². The normalized spacial score (nSPS) is 12.3. The maximum atomic E-state index is 11.8. The highest BCUT2D eigenvalue weighted by molar-refractivity contribution is 5.90. The van der Waals surface area contributed by atoms with Crippen molar-refractivity contribution < 1.29 is 9.53 Å². The number of aryl methyl sites for hydroxylation is 1. The third-order valence-corrected chi connectivity index (χ3v) is 3.93. The highest BCUT2D eigenvalue weighted by atomic mass is 16.5. The summed E-state index contributed by atoms with van der Waals surface area (Å²) < 4.78 is 6.54. The summed E-state index contributed by atoms with van der Waals surface area (Å²) in [4.78, 5) is 16.5. The van der Waals surface area contributed by atoms with Crippen LogP contribution in [0, 0.1) is 0 Å². The van der Waals surface area contributed by atoms with Gasteiger partial charge in [0.15, 0.2) is 0 Å². The Labute approximate surface area is 134 Å². The van der Waals surface area contributed by atoms with Crippen molar-refractivity contribution in [3.8, 4) is 11.3 Å². The first kappa shape index (κ1) is 15.2. The minimum absolute atomic E-state index is 0.106. The fourth-order valence-electron chi connectivity index (χ4n) is 2.74. The topological polar surface area (TPSA) is 70.1 Å². The molecule has 1 aromatic carbocycles. The number of ether oxygens (including phenoxy) is 1. The summed E-state index contributed by atoms with van der Waals surface area (Å²) in [6.07, 6.45) is 1.87. The molecule has 0 aliphatic rings. The fourth-order valence-corrected chi connectivity index (χ4v) is 2.74. The molecular formula is C18H19N3O2. The number of benzene rings is 1. The molecule has 5 heteroatoms. The molecule has 2 aromatic heterocycles. The van der Waals surface area contributed by atoms with Gasteiger partial charge in [0.2, 0.25) is 0 Å². The molecule has 0 fully saturated rings. The molecule has 0 amide bonds. The molecule has 2 heterocycles. The first-order valence-electron chi connectivity index (χ1n) is 7.41. The molecule has 3 rings (SSSR count). The zero-order chi connectivity index (χ0) is 16.6. The van der Waals surface area contributed by atoms with Gasteiger partial charge in [-0.15, -0.1) is 0 Å². The lowest BCUT2D eigenvalue weighted by Crippen LogP contribution is -2.06. The van der Waals surface area contributed by atoms with Crippen LogP contribution in [-0.2, 0) is 11.8 Å². The van der Waals surface area contributed by atoms with Crippen molar-refractivity contribution in [1.82, 2.24) is 9.55 Å². The first-order chi connectivity index (χ1) is 11.0. The minimum atomic E-state index is -0.369. The molecule has 0 spiro atoms. The van der Waals surface area contributed by atoms with E-state index in [-0.39, 0.29) is 12.0 Å². The molecule has 0 saturated heterocycles. The molecule has 0 aliphatic carbocycles. The van der Waals surface area contributed by atoms with Gasteiger partial charge >= 0.3 is 5.97 Å². The van der Waals surface area contributed by atoms with Gasteiger partial charge < -0.3 is 15.0 Å². The Kier molecular flexibility index (Phi) is 3.88. The second kappa shape index (κ2) is 5.85. The van der Waals surface area contributed by atoms with E-state index in [0.717, 1.165) is 27.7 Å². The van der Waals surface area contributed by atoms with Crippen LogP contribution in [0.4, 0.5) is 0 Å². The second-order valence-corrected chi connectivity index (χ2v) is 5.62. The summed E-state index contributed by atoms with van der Waals surface area (Å²) in [6.45, 7) is 1.95. The van der Waals surface area contributed by atoms with E-state index in [2.05, 4.69) is 0 Å². The monoisotopic (exact) mass is 309 g/mol. The lowest BCUT2D eigenvalue weighted by molar-refractivity contribution is 0.0590. The summed E-state index contributed by atoms with van der Waals surface area (Å²) in [7, 11) is 3.18. The van der Waals surface area contributed by atoms with Gasteiger partial charge in [-0.2, -0.15) is 0 Å². The quantitative estimate of drug-likeness (QED) is 0.755. The lowest BCUT2D eigenvalue weighted by atomic mass is 10.0. The van der Waals surface area contributed by atoms with E-state index in [9.17, 15) is 4.79 Å². The first-order valence-corrected chi connectivity index (χ1v) is 7.41. The van der Waals surface area contributed by atoms with Gasteiger partial charge in [0.05, 0.1) is 18.3 Å². The Balaban J connectivity index is 2.19. The van der Waals surface area contributed by atoms with Crippen LogP contribution in [0.25, 0.3) is 22.2 Å². The third kappa shape index (κ3) is 2.71. The Morgan fingerprint density at radius 1 is 1.30 bits per heavy atom. The largest absolute Gasteiger partial charge is 0.464 e. The summed E-state index contributed by atoms with van der Waals surface area (Å²) in [5, 5.41) is 1.05. The number of rotatable bonds is 3. The SMILES string of the molecule is COC(=O)c1cc(-c2cc([C@@H](C)N)c3ccccc3n2)cn1C. The van der Waals surface area contributed by atoms with Gasteiger partial charge in [0, 0.05) is 30.2 Å². The molecule has 0 unspecified atom stereocenters. The van der Waals surface area contributed by atoms with E-state index >= 15 is 0 Å². The molecule has 5 nitrogen and oxygen atoms in total. The summed E-state index contributed by atoms with van der Waals surface area (Å²) in [5.41, 5.74) is 10.2. The van der Waals surface area contributed by atoms with Crippen LogP contribution in [0.3, 0.4) is 0 Å².